The Morgan fingerprint density at radius 1 is 1.07 bits per heavy atom. The SMILES string of the molecule is COc1cccc(-c2nnc(CNc3ccccc3N3CCOCC3)o2)c1. The van der Waals surface area contributed by atoms with Crippen LogP contribution >= 0.6 is 0 Å². The van der Waals surface area contributed by atoms with Gasteiger partial charge in [0.2, 0.25) is 11.8 Å². The maximum Gasteiger partial charge on any atom is 0.247 e. The fraction of sp³-hybridized carbons (Fsp3) is 0.300. The zero-order chi connectivity index (χ0) is 18.5. The first-order valence-electron chi connectivity index (χ1n) is 8.96. The molecule has 1 aromatic heterocycles. The molecule has 2 heterocycles. The number of hydrogen-bond acceptors (Lipinski definition) is 7. The van der Waals surface area contributed by atoms with E-state index in [0.717, 1.165) is 49.0 Å². The number of methoxy groups -OCH3 is 1. The molecule has 0 atom stereocenters. The summed E-state index contributed by atoms with van der Waals surface area (Å²) in [5.74, 6) is 1.77. The molecule has 140 valence electrons. The van der Waals surface area contributed by atoms with E-state index in [9.17, 15) is 0 Å². The Hall–Kier alpha value is -3.06. The van der Waals surface area contributed by atoms with E-state index >= 15 is 0 Å². The molecule has 3 aromatic rings. The molecule has 1 N–H and O–H groups in total. The summed E-state index contributed by atoms with van der Waals surface area (Å²) in [6.45, 7) is 3.74. The van der Waals surface area contributed by atoms with Crippen LogP contribution < -0.4 is 15.0 Å². The third-order valence-corrected chi connectivity index (χ3v) is 4.47. The number of benzene rings is 2. The number of nitrogens with zero attached hydrogens (tertiary/aromatic N) is 3. The van der Waals surface area contributed by atoms with Crippen LogP contribution in [0.3, 0.4) is 0 Å². The van der Waals surface area contributed by atoms with Crippen LogP contribution in [0.1, 0.15) is 5.89 Å². The standard InChI is InChI=1S/C20H22N4O3/c1-25-16-6-4-5-15(13-16)20-23-22-19(27-20)14-21-17-7-2-3-8-18(17)24-9-11-26-12-10-24/h2-8,13,21H,9-12,14H2,1H3. The average molecular weight is 366 g/mol. The highest BCUT2D eigenvalue weighted by atomic mass is 16.5. The van der Waals surface area contributed by atoms with Crippen LogP contribution in [0.15, 0.2) is 52.9 Å². The Kier molecular flexibility index (Phi) is 5.20. The molecule has 1 aliphatic heterocycles. The van der Waals surface area contributed by atoms with Gasteiger partial charge in [-0.05, 0) is 30.3 Å². The van der Waals surface area contributed by atoms with E-state index in [4.69, 9.17) is 13.9 Å². The van der Waals surface area contributed by atoms with Crippen molar-refractivity contribution in [2.24, 2.45) is 0 Å². The van der Waals surface area contributed by atoms with E-state index in [-0.39, 0.29) is 0 Å². The first kappa shape index (κ1) is 17.4. The number of ether oxygens (including phenoxy) is 2. The molecule has 0 spiro atoms. The summed E-state index contributed by atoms with van der Waals surface area (Å²) < 4.78 is 16.5. The summed E-state index contributed by atoms with van der Waals surface area (Å²) in [5.41, 5.74) is 3.04. The van der Waals surface area contributed by atoms with Crippen molar-refractivity contribution < 1.29 is 13.9 Å². The fourth-order valence-electron chi connectivity index (χ4n) is 3.07. The summed E-state index contributed by atoms with van der Waals surface area (Å²) in [6, 6.07) is 15.8. The van der Waals surface area contributed by atoms with E-state index in [0.29, 0.717) is 18.3 Å². The van der Waals surface area contributed by atoms with Crippen molar-refractivity contribution in [1.29, 1.82) is 0 Å². The van der Waals surface area contributed by atoms with Crippen molar-refractivity contribution >= 4 is 11.4 Å². The number of rotatable bonds is 6. The zero-order valence-corrected chi connectivity index (χ0v) is 15.2. The third-order valence-electron chi connectivity index (χ3n) is 4.47. The maximum absolute atomic E-state index is 5.80. The monoisotopic (exact) mass is 366 g/mol. The van der Waals surface area contributed by atoms with Gasteiger partial charge in [-0.15, -0.1) is 10.2 Å². The largest absolute Gasteiger partial charge is 0.497 e. The summed E-state index contributed by atoms with van der Waals surface area (Å²) in [6.07, 6.45) is 0. The second-order valence-corrected chi connectivity index (χ2v) is 6.20. The molecule has 2 aromatic carbocycles. The van der Waals surface area contributed by atoms with Gasteiger partial charge < -0.3 is 24.1 Å². The Bertz CT molecular complexity index is 890. The molecular formula is C20H22N4O3. The third kappa shape index (κ3) is 4.03. The van der Waals surface area contributed by atoms with Crippen LogP contribution in [0.25, 0.3) is 11.5 Å². The molecule has 27 heavy (non-hydrogen) atoms. The molecule has 7 nitrogen and oxygen atoms in total. The summed E-state index contributed by atoms with van der Waals surface area (Å²) in [5, 5.41) is 11.7. The summed E-state index contributed by atoms with van der Waals surface area (Å²) >= 11 is 0. The fourth-order valence-corrected chi connectivity index (χ4v) is 3.07. The first-order chi connectivity index (χ1) is 13.3. The van der Waals surface area contributed by atoms with Gasteiger partial charge in [0.05, 0.1) is 38.2 Å². The highest BCUT2D eigenvalue weighted by molar-refractivity contribution is 5.70. The normalized spacial score (nSPS) is 14.2. The van der Waals surface area contributed by atoms with Crippen molar-refractivity contribution in [2.45, 2.75) is 6.54 Å². The molecule has 1 aliphatic rings. The van der Waals surface area contributed by atoms with Crippen molar-refractivity contribution in [2.75, 3.05) is 43.6 Å². The van der Waals surface area contributed by atoms with Gasteiger partial charge in [0.25, 0.3) is 0 Å². The van der Waals surface area contributed by atoms with Gasteiger partial charge in [-0.1, -0.05) is 18.2 Å². The van der Waals surface area contributed by atoms with Gasteiger partial charge in [0.1, 0.15) is 5.75 Å². The number of anilines is 2. The Morgan fingerprint density at radius 3 is 2.78 bits per heavy atom. The smallest absolute Gasteiger partial charge is 0.247 e. The number of aromatic nitrogens is 2. The Balaban J connectivity index is 1.46. The molecule has 0 radical (unpaired) electrons. The quantitative estimate of drug-likeness (QED) is 0.718. The molecule has 0 amide bonds. The second-order valence-electron chi connectivity index (χ2n) is 6.20. The van der Waals surface area contributed by atoms with Crippen LogP contribution in [-0.2, 0) is 11.3 Å². The zero-order valence-electron chi connectivity index (χ0n) is 15.2. The molecule has 0 unspecified atom stereocenters. The Labute approximate surface area is 157 Å². The van der Waals surface area contributed by atoms with Crippen LogP contribution in [-0.4, -0.2) is 43.6 Å². The minimum Gasteiger partial charge on any atom is -0.497 e. The van der Waals surface area contributed by atoms with E-state index in [1.54, 1.807) is 7.11 Å². The van der Waals surface area contributed by atoms with E-state index in [1.807, 2.05) is 36.4 Å². The molecule has 4 rings (SSSR count). The van der Waals surface area contributed by atoms with Crippen LogP contribution in [0, 0.1) is 0 Å². The maximum atomic E-state index is 5.80. The summed E-state index contributed by atoms with van der Waals surface area (Å²) in [4.78, 5) is 2.32. The minimum absolute atomic E-state index is 0.457. The van der Waals surface area contributed by atoms with Gasteiger partial charge in [-0.2, -0.15) is 0 Å². The van der Waals surface area contributed by atoms with E-state index in [1.165, 1.54) is 0 Å². The lowest BCUT2D eigenvalue weighted by Crippen LogP contribution is -2.36. The van der Waals surface area contributed by atoms with Gasteiger partial charge in [-0.3, -0.25) is 0 Å². The molecule has 1 fully saturated rings. The van der Waals surface area contributed by atoms with Crippen LogP contribution in [0.4, 0.5) is 11.4 Å². The average Bonchev–Trinajstić information content (AvgIpc) is 3.22. The number of nitrogens with one attached hydrogen (secondary N) is 1. The van der Waals surface area contributed by atoms with Gasteiger partial charge in [-0.25, -0.2) is 0 Å². The second kappa shape index (κ2) is 8.09. The highest BCUT2D eigenvalue weighted by Crippen LogP contribution is 2.27. The lowest BCUT2D eigenvalue weighted by molar-refractivity contribution is 0.123. The number of morpholine rings is 1. The number of hydrogen-bond donors (Lipinski definition) is 1. The topological polar surface area (TPSA) is 72.7 Å². The van der Waals surface area contributed by atoms with Crippen molar-refractivity contribution in [3.63, 3.8) is 0 Å². The van der Waals surface area contributed by atoms with Crippen LogP contribution in [0.5, 0.6) is 5.75 Å². The van der Waals surface area contributed by atoms with Crippen molar-refractivity contribution in [1.82, 2.24) is 10.2 Å². The predicted molar refractivity (Wildman–Crippen MR) is 103 cm³/mol. The summed E-state index contributed by atoms with van der Waals surface area (Å²) in [7, 11) is 1.63. The van der Waals surface area contributed by atoms with Gasteiger partial charge in [0.15, 0.2) is 0 Å². The van der Waals surface area contributed by atoms with Crippen molar-refractivity contribution in [3.05, 3.63) is 54.4 Å². The molecule has 0 bridgehead atoms. The van der Waals surface area contributed by atoms with E-state index < -0.39 is 0 Å². The highest BCUT2D eigenvalue weighted by Gasteiger charge is 2.15. The predicted octanol–water partition coefficient (Wildman–Crippen LogP) is 3.19. The molecule has 0 aliphatic carbocycles. The molecule has 7 heteroatoms. The van der Waals surface area contributed by atoms with Gasteiger partial charge >= 0.3 is 0 Å². The number of para-hydroxylation sites is 2. The Morgan fingerprint density at radius 2 is 1.93 bits per heavy atom. The lowest BCUT2D eigenvalue weighted by Gasteiger charge is -2.30. The van der Waals surface area contributed by atoms with Crippen LogP contribution in [0.2, 0.25) is 0 Å². The molecule has 1 saturated heterocycles. The van der Waals surface area contributed by atoms with Gasteiger partial charge in [0, 0.05) is 18.7 Å². The molecular weight excluding hydrogens is 344 g/mol. The molecule has 0 saturated carbocycles. The van der Waals surface area contributed by atoms with E-state index in [2.05, 4.69) is 32.5 Å². The minimum atomic E-state index is 0.457. The first-order valence-corrected chi connectivity index (χ1v) is 8.96. The lowest BCUT2D eigenvalue weighted by atomic mass is 10.2. The van der Waals surface area contributed by atoms with Crippen molar-refractivity contribution in [3.8, 4) is 17.2 Å².